The normalized spacial score (nSPS) is 12.1. The lowest BCUT2D eigenvalue weighted by Crippen LogP contribution is -2.37. The van der Waals surface area contributed by atoms with Gasteiger partial charge in [0.1, 0.15) is 0 Å². The van der Waals surface area contributed by atoms with E-state index < -0.39 is 34.2 Å². The van der Waals surface area contributed by atoms with Gasteiger partial charge in [0.2, 0.25) is 15.9 Å². The number of anilines is 1. The molecular formula is C23H20ClF3N2O3S. The van der Waals surface area contributed by atoms with Crippen molar-refractivity contribution >= 4 is 33.2 Å². The molecule has 10 heteroatoms. The highest BCUT2D eigenvalue weighted by Gasteiger charge is 2.31. The Labute approximate surface area is 194 Å². The molecule has 0 atom stereocenters. The maximum absolute atomic E-state index is 13.2. The molecule has 0 aliphatic heterocycles. The van der Waals surface area contributed by atoms with E-state index in [0.717, 1.165) is 28.1 Å². The molecule has 0 unspecified atom stereocenters. The van der Waals surface area contributed by atoms with Gasteiger partial charge in [-0.3, -0.25) is 4.79 Å². The van der Waals surface area contributed by atoms with Crippen LogP contribution in [0.25, 0.3) is 0 Å². The van der Waals surface area contributed by atoms with Gasteiger partial charge < -0.3 is 5.32 Å². The third-order valence-electron chi connectivity index (χ3n) is 4.72. The number of aryl methyl sites for hydroxylation is 1. The van der Waals surface area contributed by atoms with Crippen molar-refractivity contribution in [3.8, 4) is 0 Å². The Kier molecular flexibility index (Phi) is 7.46. The van der Waals surface area contributed by atoms with Crippen molar-refractivity contribution in [1.29, 1.82) is 0 Å². The van der Waals surface area contributed by atoms with Crippen molar-refractivity contribution in [3.05, 3.63) is 94.5 Å². The maximum atomic E-state index is 13.2. The minimum Gasteiger partial charge on any atom is -0.325 e. The van der Waals surface area contributed by atoms with Gasteiger partial charge in [0.15, 0.2) is 0 Å². The first-order valence-electron chi connectivity index (χ1n) is 9.73. The minimum atomic E-state index is -4.57. The second-order valence-corrected chi connectivity index (χ2v) is 9.71. The van der Waals surface area contributed by atoms with Crippen molar-refractivity contribution in [3.63, 3.8) is 0 Å². The summed E-state index contributed by atoms with van der Waals surface area (Å²) in [4.78, 5) is 12.6. The van der Waals surface area contributed by atoms with E-state index in [0.29, 0.717) is 10.6 Å². The molecule has 0 saturated heterocycles. The van der Waals surface area contributed by atoms with E-state index in [-0.39, 0.29) is 17.1 Å². The number of benzene rings is 3. The largest absolute Gasteiger partial charge is 0.416 e. The third-order valence-corrected chi connectivity index (χ3v) is 6.78. The maximum Gasteiger partial charge on any atom is 0.416 e. The summed E-state index contributed by atoms with van der Waals surface area (Å²) in [7, 11) is -4.11. The molecule has 0 radical (unpaired) electrons. The first-order valence-corrected chi connectivity index (χ1v) is 11.6. The second kappa shape index (κ2) is 9.94. The number of alkyl halides is 3. The molecule has 1 amide bonds. The first-order chi connectivity index (χ1) is 15.4. The molecular weight excluding hydrogens is 477 g/mol. The van der Waals surface area contributed by atoms with E-state index in [1.165, 1.54) is 30.3 Å². The van der Waals surface area contributed by atoms with Crippen LogP contribution in [-0.4, -0.2) is 25.2 Å². The van der Waals surface area contributed by atoms with Crippen LogP contribution >= 0.6 is 11.6 Å². The predicted octanol–water partition coefficient (Wildman–Crippen LogP) is 5.50. The fraction of sp³-hybridized carbons (Fsp3) is 0.174. The average Bonchev–Trinajstić information content (AvgIpc) is 2.74. The monoisotopic (exact) mass is 496 g/mol. The van der Waals surface area contributed by atoms with Crippen LogP contribution in [0.5, 0.6) is 0 Å². The lowest BCUT2D eigenvalue weighted by Gasteiger charge is -2.22. The SMILES string of the molecule is Cc1ccc(CN(CC(=O)Nc2cccc(C(F)(F)F)c2)S(=O)(=O)c2ccc(Cl)cc2)cc1. The number of hydrogen-bond acceptors (Lipinski definition) is 3. The molecule has 0 bridgehead atoms. The summed E-state index contributed by atoms with van der Waals surface area (Å²) < 4.78 is 66.3. The Morgan fingerprint density at radius 3 is 2.24 bits per heavy atom. The molecule has 3 rings (SSSR count). The molecule has 0 saturated carbocycles. The number of rotatable bonds is 7. The predicted molar refractivity (Wildman–Crippen MR) is 120 cm³/mol. The van der Waals surface area contributed by atoms with Gasteiger partial charge in [0.05, 0.1) is 17.0 Å². The van der Waals surface area contributed by atoms with Gasteiger partial charge in [0.25, 0.3) is 0 Å². The van der Waals surface area contributed by atoms with Crippen LogP contribution in [0, 0.1) is 6.92 Å². The topological polar surface area (TPSA) is 66.5 Å². The van der Waals surface area contributed by atoms with Crippen molar-refractivity contribution in [1.82, 2.24) is 4.31 Å². The Bertz CT molecular complexity index is 1230. The molecule has 1 N–H and O–H groups in total. The Balaban J connectivity index is 1.86. The van der Waals surface area contributed by atoms with Gasteiger partial charge in [-0.15, -0.1) is 0 Å². The Morgan fingerprint density at radius 2 is 1.64 bits per heavy atom. The van der Waals surface area contributed by atoms with Crippen molar-refractivity contribution in [2.24, 2.45) is 0 Å². The number of hydrogen-bond donors (Lipinski definition) is 1. The number of amides is 1. The summed E-state index contributed by atoms with van der Waals surface area (Å²) in [6, 6.07) is 16.7. The molecule has 0 fully saturated rings. The molecule has 33 heavy (non-hydrogen) atoms. The van der Waals surface area contributed by atoms with Crippen LogP contribution in [0.3, 0.4) is 0 Å². The molecule has 5 nitrogen and oxygen atoms in total. The van der Waals surface area contributed by atoms with E-state index in [4.69, 9.17) is 11.6 Å². The highest BCUT2D eigenvalue weighted by Crippen LogP contribution is 2.30. The van der Waals surface area contributed by atoms with E-state index in [1.807, 2.05) is 19.1 Å². The second-order valence-electron chi connectivity index (χ2n) is 7.34. The molecule has 0 aromatic heterocycles. The van der Waals surface area contributed by atoms with E-state index in [1.54, 1.807) is 12.1 Å². The Morgan fingerprint density at radius 1 is 1.00 bits per heavy atom. The van der Waals surface area contributed by atoms with Crippen LogP contribution in [0.15, 0.2) is 77.7 Å². The molecule has 3 aromatic rings. The van der Waals surface area contributed by atoms with Crippen molar-refractivity contribution in [2.75, 3.05) is 11.9 Å². The van der Waals surface area contributed by atoms with Gasteiger partial charge in [-0.1, -0.05) is 47.5 Å². The number of nitrogens with one attached hydrogen (secondary N) is 1. The van der Waals surface area contributed by atoms with Crippen LogP contribution in [0.2, 0.25) is 5.02 Å². The zero-order valence-corrected chi connectivity index (χ0v) is 19.0. The third kappa shape index (κ3) is 6.56. The number of sulfonamides is 1. The fourth-order valence-corrected chi connectivity index (χ4v) is 4.52. The highest BCUT2D eigenvalue weighted by molar-refractivity contribution is 7.89. The number of halogens is 4. The van der Waals surface area contributed by atoms with E-state index in [2.05, 4.69) is 5.32 Å². The zero-order valence-electron chi connectivity index (χ0n) is 17.4. The van der Waals surface area contributed by atoms with Crippen molar-refractivity contribution < 1.29 is 26.4 Å². The van der Waals surface area contributed by atoms with Gasteiger partial charge >= 0.3 is 6.18 Å². The zero-order chi connectivity index (χ0) is 24.2. The molecule has 0 aliphatic carbocycles. The molecule has 0 heterocycles. The van der Waals surface area contributed by atoms with E-state index in [9.17, 15) is 26.4 Å². The van der Waals surface area contributed by atoms with Crippen LogP contribution in [0.4, 0.5) is 18.9 Å². The summed E-state index contributed by atoms with van der Waals surface area (Å²) in [5, 5.41) is 2.69. The lowest BCUT2D eigenvalue weighted by molar-refractivity contribution is -0.137. The quantitative estimate of drug-likeness (QED) is 0.470. The number of carbonyl (C=O) groups excluding carboxylic acids is 1. The van der Waals surface area contributed by atoms with Gasteiger partial charge in [0, 0.05) is 17.3 Å². The molecule has 0 aliphatic rings. The standard InChI is InChI=1S/C23H20ClF3N2O3S/c1-16-5-7-17(8-6-16)14-29(33(31,32)21-11-9-19(24)10-12-21)15-22(30)28-20-4-2-3-18(13-20)23(25,26)27/h2-13H,14-15H2,1H3,(H,28,30). The van der Waals surface area contributed by atoms with Gasteiger partial charge in [-0.2, -0.15) is 17.5 Å². The Hall–Kier alpha value is -2.88. The fourth-order valence-electron chi connectivity index (χ4n) is 3.01. The summed E-state index contributed by atoms with van der Waals surface area (Å²) in [5.74, 6) is -0.779. The highest BCUT2D eigenvalue weighted by atomic mass is 35.5. The first kappa shape index (κ1) is 24.8. The smallest absolute Gasteiger partial charge is 0.325 e. The summed E-state index contributed by atoms with van der Waals surface area (Å²) in [5.41, 5.74) is 0.609. The van der Waals surface area contributed by atoms with Gasteiger partial charge in [-0.05, 0) is 55.0 Å². The average molecular weight is 497 g/mol. The minimum absolute atomic E-state index is 0.0640. The van der Waals surface area contributed by atoms with Gasteiger partial charge in [-0.25, -0.2) is 8.42 Å². The van der Waals surface area contributed by atoms with Crippen molar-refractivity contribution in [2.45, 2.75) is 24.5 Å². The summed E-state index contributed by atoms with van der Waals surface area (Å²) in [6.45, 7) is 1.17. The molecule has 0 spiro atoms. The number of carbonyl (C=O) groups is 1. The van der Waals surface area contributed by atoms with Crippen LogP contribution in [-0.2, 0) is 27.5 Å². The van der Waals surface area contributed by atoms with Crippen LogP contribution in [0.1, 0.15) is 16.7 Å². The summed E-state index contributed by atoms with van der Waals surface area (Å²) >= 11 is 5.85. The molecule has 3 aromatic carbocycles. The lowest BCUT2D eigenvalue weighted by atomic mass is 10.1. The summed E-state index contributed by atoms with van der Waals surface area (Å²) in [6.07, 6.45) is -4.57. The van der Waals surface area contributed by atoms with Crippen LogP contribution < -0.4 is 5.32 Å². The molecule has 174 valence electrons. The van der Waals surface area contributed by atoms with E-state index >= 15 is 0 Å². The number of nitrogens with zero attached hydrogens (tertiary/aromatic N) is 1.